The minimum Gasteiger partial charge on any atom is -0.506 e. The number of nitriles is 1. The number of phenols is 2. The van der Waals surface area contributed by atoms with Gasteiger partial charge in [-0.1, -0.05) is 12.1 Å². The summed E-state index contributed by atoms with van der Waals surface area (Å²) in [6, 6.07) is 4.62. The lowest BCUT2D eigenvalue weighted by Crippen LogP contribution is -2.54. The molecule has 34 heavy (non-hydrogen) atoms. The number of anilines is 2. The third-order valence-electron chi connectivity index (χ3n) is 4.82. The highest BCUT2D eigenvalue weighted by atomic mass is 19.4. The minimum absolute atomic E-state index is 0.217. The van der Waals surface area contributed by atoms with Crippen LogP contribution in [0.25, 0.3) is 5.57 Å². The van der Waals surface area contributed by atoms with Crippen LogP contribution in [-0.2, 0) is 5.41 Å². The van der Waals surface area contributed by atoms with Crippen molar-refractivity contribution < 1.29 is 36.6 Å². The Bertz CT molecular complexity index is 1250. The number of H-pyrrole nitrogens is 1. The first-order chi connectivity index (χ1) is 15.8. The van der Waals surface area contributed by atoms with Crippen LogP contribution in [0.4, 0.5) is 37.7 Å². The number of nitrogens with two attached hydrogens (primary N) is 1. The standard InChI is InChI=1S/C19H13F6N7O2/c20-18(21,22)17(19(23,24)25,10-1-3-14(33)12(27)5-10)11-2-4-15(34)13(6-11)28-8-9(7-26)16-29-31-32-30-16/h1-6,8,28,33-34H,27H2,(H,29,30,31,32). The van der Waals surface area contributed by atoms with Crippen LogP contribution >= 0.6 is 0 Å². The highest BCUT2D eigenvalue weighted by Gasteiger charge is 2.72. The summed E-state index contributed by atoms with van der Waals surface area (Å²) in [4.78, 5) is 0. The van der Waals surface area contributed by atoms with E-state index in [2.05, 4.69) is 25.9 Å². The number of benzene rings is 2. The highest BCUT2D eigenvalue weighted by Crippen LogP contribution is 2.57. The molecule has 0 atom stereocenters. The molecule has 0 amide bonds. The summed E-state index contributed by atoms with van der Waals surface area (Å²) < 4.78 is 85.6. The zero-order chi connectivity index (χ0) is 25.3. The summed E-state index contributed by atoms with van der Waals surface area (Å²) in [5, 5.41) is 43.3. The Morgan fingerprint density at radius 2 is 1.59 bits per heavy atom. The van der Waals surface area contributed by atoms with E-state index in [1.54, 1.807) is 6.07 Å². The summed E-state index contributed by atoms with van der Waals surface area (Å²) >= 11 is 0. The fraction of sp³-hybridized carbons (Fsp3) is 0.158. The van der Waals surface area contributed by atoms with Gasteiger partial charge in [0, 0.05) is 6.20 Å². The zero-order valence-corrected chi connectivity index (χ0v) is 16.6. The van der Waals surface area contributed by atoms with Gasteiger partial charge in [-0.05, 0) is 40.6 Å². The number of hydrogen-bond donors (Lipinski definition) is 5. The first-order valence-electron chi connectivity index (χ1n) is 8.99. The van der Waals surface area contributed by atoms with Crippen LogP contribution in [0.15, 0.2) is 42.6 Å². The first-order valence-corrected chi connectivity index (χ1v) is 8.99. The normalized spacial score (nSPS) is 12.9. The molecule has 0 aliphatic rings. The molecule has 15 heteroatoms. The third-order valence-corrected chi connectivity index (χ3v) is 4.82. The number of aromatic nitrogens is 4. The predicted octanol–water partition coefficient (Wildman–Crippen LogP) is 3.58. The van der Waals surface area contributed by atoms with Gasteiger partial charge >= 0.3 is 12.4 Å². The van der Waals surface area contributed by atoms with E-state index in [4.69, 9.17) is 11.0 Å². The Morgan fingerprint density at radius 1 is 1.00 bits per heavy atom. The Labute approximate surface area is 186 Å². The molecule has 3 aromatic rings. The molecule has 6 N–H and O–H groups in total. The number of aromatic hydroxyl groups is 2. The number of aromatic amines is 1. The lowest BCUT2D eigenvalue weighted by molar-refractivity contribution is -0.288. The topological polar surface area (TPSA) is 157 Å². The van der Waals surface area contributed by atoms with E-state index < -0.39 is 51.8 Å². The smallest absolute Gasteiger partial charge is 0.411 e. The minimum atomic E-state index is -5.93. The van der Waals surface area contributed by atoms with E-state index in [0.29, 0.717) is 36.4 Å². The van der Waals surface area contributed by atoms with Gasteiger partial charge in [-0.3, -0.25) is 0 Å². The molecule has 0 saturated heterocycles. The average Bonchev–Trinajstić information content (AvgIpc) is 3.26. The maximum absolute atomic E-state index is 14.3. The number of hydrogen-bond acceptors (Lipinski definition) is 8. The predicted molar refractivity (Wildman–Crippen MR) is 105 cm³/mol. The van der Waals surface area contributed by atoms with Gasteiger partial charge in [0.2, 0.25) is 11.2 Å². The van der Waals surface area contributed by atoms with Crippen molar-refractivity contribution in [1.82, 2.24) is 20.6 Å². The van der Waals surface area contributed by atoms with Crippen LogP contribution in [0.5, 0.6) is 11.5 Å². The highest BCUT2D eigenvalue weighted by molar-refractivity contribution is 5.75. The molecule has 3 rings (SSSR count). The fourth-order valence-corrected chi connectivity index (χ4v) is 3.23. The molecule has 1 aromatic heterocycles. The van der Waals surface area contributed by atoms with Crippen LogP contribution < -0.4 is 11.1 Å². The molecule has 9 nitrogen and oxygen atoms in total. The van der Waals surface area contributed by atoms with Crippen molar-refractivity contribution in [3.05, 3.63) is 59.5 Å². The zero-order valence-electron chi connectivity index (χ0n) is 16.6. The Balaban J connectivity index is 2.24. The molecule has 0 radical (unpaired) electrons. The second-order valence-corrected chi connectivity index (χ2v) is 6.80. The molecule has 1 heterocycles. The van der Waals surface area contributed by atoms with Crippen LogP contribution in [0.2, 0.25) is 0 Å². The van der Waals surface area contributed by atoms with E-state index >= 15 is 0 Å². The lowest BCUT2D eigenvalue weighted by Gasteiger charge is -2.38. The summed E-state index contributed by atoms with van der Waals surface area (Å²) in [6.07, 6.45) is -11.0. The number of nitrogens with one attached hydrogen (secondary N) is 2. The van der Waals surface area contributed by atoms with Crippen molar-refractivity contribution in [3.8, 4) is 17.6 Å². The molecule has 0 bridgehead atoms. The van der Waals surface area contributed by atoms with Gasteiger partial charge in [0.15, 0.2) is 0 Å². The lowest BCUT2D eigenvalue weighted by atomic mass is 9.72. The quantitative estimate of drug-likeness (QED) is 0.159. The maximum Gasteiger partial charge on any atom is 0.411 e. The Hall–Kier alpha value is -4.48. The first kappa shape index (κ1) is 24.2. The van der Waals surface area contributed by atoms with Gasteiger partial charge in [0.25, 0.3) is 0 Å². The summed E-state index contributed by atoms with van der Waals surface area (Å²) in [7, 11) is 0. The third kappa shape index (κ3) is 4.00. The van der Waals surface area contributed by atoms with Crippen LogP contribution in [0, 0.1) is 11.3 Å². The number of nitrogen functional groups attached to an aromatic ring is 1. The van der Waals surface area contributed by atoms with Gasteiger partial charge in [-0.2, -0.15) is 36.8 Å². The molecule has 0 aliphatic carbocycles. The molecule has 0 unspecified atom stereocenters. The fourth-order valence-electron chi connectivity index (χ4n) is 3.23. The van der Waals surface area contributed by atoms with Crippen molar-refractivity contribution in [1.29, 1.82) is 5.26 Å². The number of tetrazole rings is 1. The molecular formula is C19H13F6N7O2. The largest absolute Gasteiger partial charge is 0.506 e. The van der Waals surface area contributed by atoms with E-state index in [0.717, 1.165) is 6.20 Å². The van der Waals surface area contributed by atoms with Gasteiger partial charge in [-0.15, -0.1) is 10.2 Å². The Kier molecular flexibility index (Phi) is 6.02. The van der Waals surface area contributed by atoms with Gasteiger partial charge in [0.1, 0.15) is 23.1 Å². The van der Waals surface area contributed by atoms with E-state index in [1.807, 2.05) is 0 Å². The monoisotopic (exact) mass is 485 g/mol. The van der Waals surface area contributed by atoms with Crippen molar-refractivity contribution >= 4 is 16.9 Å². The summed E-state index contributed by atoms with van der Waals surface area (Å²) in [5.74, 6) is -1.63. The van der Waals surface area contributed by atoms with Crippen molar-refractivity contribution in [2.75, 3.05) is 11.1 Å². The van der Waals surface area contributed by atoms with Crippen LogP contribution in [0.1, 0.15) is 17.0 Å². The molecule has 2 aromatic carbocycles. The number of alkyl halides is 6. The Morgan fingerprint density at radius 3 is 2.09 bits per heavy atom. The molecule has 0 aliphatic heterocycles. The number of allylic oxidation sites excluding steroid dienone is 1. The summed E-state index contributed by atoms with van der Waals surface area (Å²) in [6.45, 7) is 0. The number of rotatable bonds is 5. The van der Waals surface area contributed by atoms with E-state index in [-0.39, 0.29) is 11.4 Å². The second-order valence-electron chi connectivity index (χ2n) is 6.80. The van der Waals surface area contributed by atoms with Crippen molar-refractivity contribution in [2.24, 2.45) is 0 Å². The molecule has 0 spiro atoms. The van der Waals surface area contributed by atoms with E-state index in [1.165, 1.54) is 0 Å². The van der Waals surface area contributed by atoms with Crippen LogP contribution in [-0.4, -0.2) is 43.2 Å². The average molecular weight is 485 g/mol. The van der Waals surface area contributed by atoms with Gasteiger partial charge in [-0.25, -0.2) is 0 Å². The number of halogens is 6. The second kappa shape index (κ2) is 8.46. The van der Waals surface area contributed by atoms with Crippen molar-refractivity contribution in [2.45, 2.75) is 17.8 Å². The number of nitrogens with zero attached hydrogens (tertiary/aromatic N) is 4. The maximum atomic E-state index is 14.3. The van der Waals surface area contributed by atoms with E-state index in [9.17, 15) is 36.6 Å². The van der Waals surface area contributed by atoms with Crippen molar-refractivity contribution in [3.63, 3.8) is 0 Å². The SMILES string of the molecule is N#CC(=CNc1cc(C(c2ccc(O)c(N)c2)(C(F)(F)F)C(F)(F)F)ccc1O)c1nn[nH]n1. The molecular weight excluding hydrogens is 472 g/mol. The van der Waals surface area contributed by atoms with Gasteiger partial charge < -0.3 is 21.3 Å². The summed E-state index contributed by atoms with van der Waals surface area (Å²) in [5.41, 5.74) is -3.39. The number of phenolic OH excluding ortho intramolecular Hbond substituents is 2. The molecule has 178 valence electrons. The molecule has 0 fully saturated rings. The molecule has 0 saturated carbocycles. The van der Waals surface area contributed by atoms with Gasteiger partial charge in [0.05, 0.1) is 11.4 Å². The van der Waals surface area contributed by atoms with Crippen LogP contribution in [0.3, 0.4) is 0 Å².